The zero-order valence-electron chi connectivity index (χ0n) is 13.9. The summed E-state index contributed by atoms with van der Waals surface area (Å²) in [5.41, 5.74) is 2.09. The van der Waals surface area contributed by atoms with Crippen molar-refractivity contribution in [1.29, 1.82) is 0 Å². The molecule has 5 nitrogen and oxygen atoms in total. The largest absolute Gasteiger partial charge is 0.494 e. The van der Waals surface area contributed by atoms with E-state index in [2.05, 4.69) is 10.5 Å². The van der Waals surface area contributed by atoms with Crippen LogP contribution >= 0.6 is 11.6 Å². The van der Waals surface area contributed by atoms with E-state index in [1.807, 2.05) is 19.1 Å². The van der Waals surface area contributed by atoms with Crippen LogP contribution in [0.5, 0.6) is 5.75 Å². The number of carbonyl (C=O) groups is 1. The number of halogens is 1. The summed E-state index contributed by atoms with van der Waals surface area (Å²) in [6.45, 7) is 4.20. The fourth-order valence-electron chi connectivity index (χ4n) is 2.47. The van der Waals surface area contributed by atoms with E-state index >= 15 is 0 Å². The molecule has 0 saturated heterocycles. The zero-order valence-corrected chi connectivity index (χ0v) is 14.6. The lowest BCUT2D eigenvalue weighted by molar-refractivity contribution is 0.102. The predicted molar refractivity (Wildman–Crippen MR) is 97.3 cm³/mol. The molecule has 0 atom stereocenters. The first-order valence-corrected chi connectivity index (χ1v) is 8.23. The molecule has 3 rings (SSSR count). The summed E-state index contributed by atoms with van der Waals surface area (Å²) in [4.78, 5) is 12.7. The van der Waals surface area contributed by atoms with E-state index in [4.69, 9.17) is 20.9 Å². The Bertz CT molecular complexity index is 888. The second kappa shape index (κ2) is 7.40. The van der Waals surface area contributed by atoms with Crippen molar-refractivity contribution >= 4 is 23.2 Å². The van der Waals surface area contributed by atoms with Gasteiger partial charge in [-0.15, -0.1) is 0 Å². The number of amides is 1. The average Bonchev–Trinajstić information content (AvgIpc) is 2.99. The Kier molecular flexibility index (Phi) is 5.05. The van der Waals surface area contributed by atoms with Crippen molar-refractivity contribution in [2.45, 2.75) is 13.8 Å². The molecule has 2 aromatic carbocycles. The molecular weight excluding hydrogens is 340 g/mol. The van der Waals surface area contributed by atoms with Crippen LogP contribution in [0.4, 0.5) is 5.69 Å². The highest BCUT2D eigenvalue weighted by atomic mass is 35.5. The number of aromatic nitrogens is 1. The molecule has 0 aliphatic rings. The standard InChI is InChI=1S/C19H17ClN2O3/c1-3-24-14-10-8-13(9-11-14)21-19(23)17-12(2)25-22-18(17)15-6-4-5-7-16(15)20/h4-11H,3H2,1-2H3,(H,21,23). The normalized spacial score (nSPS) is 10.5. The van der Waals surface area contributed by atoms with Crippen molar-refractivity contribution in [1.82, 2.24) is 5.16 Å². The predicted octanol–water partition coefficient (Wildman–Crippen LogP) is 4.95. The molecule has 0 aliphatic heterocycles. The number of rotatable bonds is 5. The Morgan fingerprint density at radius 1 is 1.20 bits per heavy atom. The number of ether oxygens (including phenoxy) is 1. The van der Waals surface area contributed by atoms with E-state index in [9.17, 15) is 4.79 Å². The van der Waals surface area contributed by atoms with E-state index in [0.717, 1.165) is 5.75 Å². The molecule has 0 spiro atoms. The lowest BCUT2D eigenvalue weighted by Gasteiger charge is -2.08. The average molecular weight is 357 g/mol. The van der Waals surface area contributed by atoms with E-state index < -0.39 is 0 Å². The molecule has 1 amide bonds. The second-order valence-corrected chi connectivity index (χ2v) is 5.76. The van der Waals surface area contributed by atoms with Gasteiger partial charge in [-0.1, -0.05) is 35.0 Å². The van der Waals surface area contributed by atoms with Crippen molar-refractivity contribution in [3.63, 3.8) is 0 Å². The Balaban J connectivity index is 1.88. The van der Waals surface area contributed by atoms with E-state index in [1.165, 1.54) is 0 Å². The van der Waals surface area contributed by atoms with Gasteiger partial charge in [0.2, 0.25) is 0 Å². The smallest absolute Gasteiger partial charge is 0.261 e. The first-order chi connectivity index (χ1) is 12.1. The summed E-state index contributed by atoms with van der Waals surface area (Å²) in [7, 11) is 0. The van der Waals surface area contributed by atoms with Crippen LogP contribution in [-0.4, -0.2) is 17.7 Å². The molecular formula is C19H17ClN2O3. The molecule has 1 N–H and O–H groups in total. The molecule has 1 aromatic heterocycles. The zero-order chi connectivity index (χ0) is 17.8. The van der Waals surface area contributed by atoms with Crippen molar-refractivity contribution in [3.05, 3.63) is 64.9 Å². The van der Waals surface area contributed by atoms with Crippen LogP contribution in [0, 0.1) is 6.92 Å². The maximum Gasteiger partial charge on any atom is 0.261 e. The second-order valence-electron chi connectivity index (χ2n) is 5.35. The Morgan fingerprint density at radius 2 is 1.92 bits per heavy atom. The van der Waals surface area contributed by atoms with Gasteiger partial charge in [0.1, 0.15) is 22.8 Å². The van der Waals surface area contributed by atoms with Crippen LogP contribution in [0.15, 0.2) is 53.1 Å². The number of nitrogens with one attached hydrogen (secondary N) is 1. The van der Waals surface area contributed by atoms with Gasteiger partial charge in [0, 0.05) is 11.3 Å². The highest BCUT2D eigenvalue weighted by Gasteiger charge is 2.23. The van der Waals surface area contributed by atoms with Gasteiger partial charge in [-0.2, -0.15) is 0 Å². The molecule has 1 heterocycles. The van der Waals surface area contributed by atoms with Crippen LogP contribution in [-0.2, 0) is 0 Å². The molecule has 0 fully saturated rings. The lowest BCUT2D eigenvalue weighted by atomic mass is 10.1. The molecule has 6 heteroatoms. The minimum Gasteiger partial charge on any atom is -0.494 e. The van der Waals surface area contributed by atoms with Gasteiger partial charge in [-0.3, -0.25) is 4.79 Å². The van der Waals surface area contributed by atoms with Gasteiger partial charge in [0.15, 0.2) is 0 Å². The Labute approximate surface area is 150 Å². The Morgan fingerprint density at radius 3 is 2.60 bits per heavy atom. The van der Waals surface area contributed by atoms with Gasteiger partial charge in [-0.25, -0.2) is 0 Å². The monoisotopic (exact) mass is 356 g/mol. The lowest BCUT2D eigenvalue weighted by Crippen LogP contribution is -2.13. The van der Waals surface area contributed by atoms with Gasteiger partial charge in [0.25, 0.3) is 5.91 Å². The first kappa shape index (κ1) is 17.0. The number of nitrogens with zero attached hydrogens (tertiary/aromatic N) is 1. The Hall–Kier alpha value is -2.79. The summed E-state index contributed by atoms with van der Waals surface area (Å²) < 4.78 is 10.6. The van der Waals surface area contributed by atoms with Crippen LogP contribution in [0.3, 0.4) is 0 Å². The SMILES string of the molecule is CCOc1ccc(NC(=O)c2c(-c3ccccc3Cl)noc2C)cc1. The number of aryl methyl sites for hydroxylation is 1. The molecule has 0 aliphatic carbocycles. The summed E-state index contributed by atoms with van der Waals surface area (Å²) >= 11 is 6.22. The van der Waals surface area contributed by atoms with Gasteiger partial charge in [-0.05, 0) is 44.2 Å². The fourth-order valence-corrected chi connectivity index (χ4v) is 2.70. The van der Waals surface area contributed by atoms with Gasteiger partial charge < -0.3 is 14.6 Å². The van der Waals surface area contributed by atoms with Crippen LogP contribution in [0.2, 0.25) is 5.02 Å². The van der Waals surface area contributed by atoms with Crippen LogP contribution in [0.1, 0.15) is 23.0 Å². The third-order valence-corrected chi connectivity index (χ3v) is 3.97. The quantitative estimate of drug-likeness (QED) is 0.702. The van der Waals surface area contributed by atoms with Crippen molar-refractivity contribution in [3.8, 4) is 17.0 Å². The number of anilines is 1. The van der Waals surface area contributed by atoms with Gasteiger partial charge >= 0.3 is 0 Å². The summed E-state index contributed by atoms with van der Waals surface area (Å²) in [5.74, 6) is 0.870. The van der Waals surface area contributed by atoms with Crippen molar-refractivity contribution in [2.24, 2.45) is 0 Å². The number of hydrogen-bond donors (Lipinski definition) is 1. The molecule has 0 radical (unpaired) electrons. The maximum absolute atomic E-state index is 12.7. The molecule has 0 saturated carbocycles. The van der Waals surface area contributed by atoms with Crippen LogP contribution < -0.4 is 10.1 Å². The van der Waals surface area contributed by atoms with E-state index in [0.29, 0.717) is 39.9 Å². The topological polar surface area (TPSA) is 64.4 Å². The van der Waals surface area contributed by atoms with E-state index in [1.54, 1.807) is 43.3 Å². The number of benzene rings is 2. The van der Waals surface area contributed by atoms with Gasteiger partial charge in [0.05, 0.1) is 11.6 Å². The van der Waals surface area contributed by atoms with Crippen molar-refractivity contribution < 1.29 is 14.1 Å². The molecule has 128 valence electrons. The third-order valence-electron chi connectivity index (χ3n) is 3.64. The minimum atomic E-state index is -0.308. The van der Waals surface area contributed by atoms with Crippen LogP contribution in [0.25, 0.3) is 11.3 Å². The highest BCUT2D eigenvalue weighted by Crippen LogP contribution is 2.31. The molecule has 25 heavy (non-hydrogen) atoms. The highest BCUT2D eigenvalue weighted by molar-refractivity contribution is 6.33. The summed E-state index contributed by atoms with van der Waals surface area (Å²) in [6.07, 6.45) is 0. The molecule has 0 bridgehead atoms. The number of carbonyl (C=O) groups excluding carboxylic acids is 1. The third kappa shape index (κ3) is 3.67. The maximum atomic E-state index is 12.7. The molecule has 3 aromatic rings. The fraction of sp³-hybridized carbons (Fsp3) is 0.158. The van der Waals surface area contributed by atoms with Crippen molar-refractivity contribution in [2.75, 3.05) is 11.9 Å². The number of hydrogen-bond acceptors (Lipinski definition) is 4. The summed E-state index contributed by atoms with van der Waals surface area (Å²) in [5, 5.41) is 7.36. The summed E-state index contributed by atoms with van der Waals surface area (Å²) in [6, 6.07) is 14.4. The molecule has 0 unspecified atom stereocenters. The minimum absolute atomic E-state index is 0.308. The first-order valence-electron chi connectivity index (χ1n) is 7.85. The van der Waals surface area contributed by atoms with E-state index in [-0.39, 0.29) is 5.91 Å².